The molecule has 3 aromatic rings. The lowest BCUT2D eigenvalue weighted by Crippen LogP contribution is -1.86. The molecule has 96 valence electrons. The van der Waals surface area contributed by atoms with Gasteiger partial charge < -0.3 is 19.9 Å². The number of rotatable bonds is 2. The topological polar surface area (TPSA) is 91.3 Å². The highest BCUT2D eigenvalue weighted by atomic mass is 16.5. The molecule has 0 aliphatic carbocycles. The first-order valence-electron chi connectivity index (χ1n) is 5.60. The number of ether oxygens (including phenoxy) is 1. The summed E-state index contributed by atoms with van der Waals surface area (Å²) in [4.78, 5) is 11.5. The number of nitrogens with one attached hydrogen (secondary N) is 1. The Hall–Kier alpha value is -2.76. The molecule has 0 radical (unpaired) electrons. The SMILES string of the molecule is COc1ccc2[nH]c(-c3cc(O)ccc3O)nc2n1. The van der Waals surface area contributed by atoms with Crippen molar-refractivity contribution >= 4 is 11.2 Å². The zero-order chi connectivity index (χ0) is 13.4. The average molecular weight is 257 g/mol. The van der Waals surface area contributed by atoms with E-state index < -0.39 is 0 Å². The summed E-state index contributed by atoms with van der Waals surface area (Å²) >= 11 is 0. The largest absolute Gasteiger partial charge is 0.508 e. The van der Waals surface area contributed by atoms with Crippen LogP contribution in [0.25, 0.3) is 22.6 Å². The number of aromatic amines is 1. The van der Waals surface area contributed by atoms with Gasteiger partial charge in [-0.15, -0.1) is 0 Å². The van der Waals surface area contributed by atoms with Crippen LogP contribution in [0.5, 0.6) is 17.4 Å². The molecule has 0 fully saturated rings. The van der Waals surface area contributed by atoms with E-state index in [1.54, 1.807) is 12.1 Å². The second-order valence-electron chi connectivity index (χ2n) is 4.01. The van der Waals surface area contributed by atoms with Crippen LogP contribution in [-0.4, -0.2) is 32.3 Å². The number of fused-ring (bicyclic) bond motifs is 1. The number of hydrogen-bond acceptors (Lipinski definition) is 5. The number of methoxy groups -OCH3 is 1. The van der Waals surface area contributed by atoms with Crippen LogP contribution in [-0.2, 0) is 0 Å². The third-order valence-electron chi connectivity index (χ3n) is 2.76. The van der Waals surface area contributed by atoms with Crippen LogP contribution in [0.4, 0.5) is 0 Å². The normalized spacial score (nSPS) is 10.8. The van der Waals surface area contributed by atoms with Gasteiger partial charge in [0.2, 0.25) is 5.88 Å². The van der Waals surface area contributed by atoms with Gasteiger partial charge in [-0.05, 0) is 24.3 Å². The number of hydrogen-bond donors (Lipinski definition) is 3. The zero-order valence-electron chi connectivity index (χ0n) is 10.1. The number of H-pyrrole nitrogens is 1. The van der Waals surface area contributed by atoms with E-state index in [1.165, 1.54) is 25.3 Å². The quantitative estimate of drug-likeness (QED) is 0.611. The molecule has 0 amide bonds. The monoisotopic (exact) mass is 257 g/mol. The maximum absolute atomic E-state index is 9.80. The molecule has 19 heavy (non-hydrogen) atoms. The van der Waals surface area contributed by atoms with Crippen molar-refractivity contribution in [2.75, 3.05) is 7.11 Å². The van der Waals surface area contributed by atoms with Gasteiger partial charge in [0, 0.05) is 6.07 Å². The lowest BCUT2D eigenvalue weighted by molar-refractivity contribution is 0.399. The van der Waals surface area contributed by atoms with E-state index in [-0.39, 0.29) is 11.5 Å². The maximum atomic E-state index is 9.80. The summed E-state index contributed by atoms with van der Waals surface area (Å²) in [6.45, 7) is 0. The third-order valence-corrected chi connectivity index (χ3v) is 2.76. The molecule has 0 atom stereocenters. The molecule has 0 saturated carbocycles. The first kappa shape index (κ1) is 11.3. The highest BCUT2D eigenvalue weighted by Gasteiger charge is 2.11. The van der Waals surface area contributed by atoms with Gasteiger partial charge >= 0.3 is 0 Å². The summed E-state index contributed by atoms with van der Waals surface area (Å²) in [6.07, 6.45) is 0. The number of aromatic hydroxyl groups is 2. The summed E-state index contributed by atoms with van der Waals surface area (Å²) in [7, 11) is 1.53. The first-order chi connectivity index (χ1) is 9.17. The van der Waals surface area contributed by atoms with Gasteiger partial charge in [-0.2, -0.15) is 4.98 Å². The van der Waals surface area contributed by atoms with Gasteiger partial charge in [0.25, 0.3) is 0 Å². The van der Waals surface area contributed by atoms with Crippen molar-refractivity contribution < 1.29 is 14.9 Å². The number of nitrogens with zero attached hydrogens (tertiary/aromatic N) is 2. The van der Waals surface area contributed by atoms with Crippen LogP contribution < -0.4 is 4.74 Å². The van der Waals surface area contributed by atoms with Crippen molar-refractivity contribution in [1.29, 1.82) is 0 Å². The Morgan fingerprint density at radius 1 is 1.11 bits per heavy atom. The third kappa shape index (κ3) is 1.93. The van der Waals surface area contributed by atoms with E-state index in [0.717, 1.165) is 5.52 Å². The van der Waals surface area contributed by atoms with E-state index in [2.05, 4.69) is 15.0 Å². The number of benzene rings is 1. The van der Waals surface area contributed by atoms with E-state index in [0.29, 0.717) is 22.9 Å². The minimum atomic E-state index is 0.0313. The smallest absolute Gasteiger partial charge is 0.215 e. The average Bonchev–Trinajstić information content (AvgIpc) is 2.83. The molecule has 0 bridgehead atoms. The van der Waals surface area contributed by atoms with Gasteiger partial charge in [-0.25, -0.2) is 4.98 Å². The Bertz CT molecular complexity index is 752. The number of phenols is 2. The summed E-state index contributed by atoms with van der Waals surface area (Å²) in [5, 5.41) is 19.3. The number of pyridine rings is 1. The van der Waals surface area contributed by atoms with Gasteiger partial charge in [-0.1, -0.05) is 0 Å². The summed E-state index contributed by atoms with van der Waals surface area (Å²) in [5.74, 6) is 0.984. The second-order valence-corrected chi connectivity index (χ2v) is 4.01. The van der Waals surface area contributed by atoms with E-state index >= 15 is 0 Å². The minimum Gasteiger partial charge on any atom is -0.508 e. The van der Waals surface area contributed by atoms with Gasteiger partial charge in [-0.3, -0.25) is 0 Å². The molecule has 6 heteroatoms. The molecule has 2 aromatic heterocycles. The van der Waals surface area contributed by atoms with E-state index in [9.17, 15) is 10.2 Å². The Labute approximate surface area is 108 Å². The lowest BCUT2D eigenvalue weighted by Gasteiger charge is -2.01. The van der Waals surface area contributed by atoms with Crippen molar-refractivity contribution in [2.45, 2.75) is 0 Å². The molecule has 3 N–H and O–H groups in total. The van der Waals surface area contributed by atoms with Gasteiger partial charge in [0.05, 0.1) is 18.2 Å². The van der Waals surface area contributed by atoms with Crippen molar-refractivity contribution in [2.24, 2.45) is 0 Å². The van der Waals surface area contributed by atoms with Crippen LogP contribution >= 0.6 is 0 Å². The fourth-order valence-corrected chi connectivity index (χ4v) is 1.83. The number of imidazole rings is 1. The maximum Gasteiger partial charge on any atom is 0.215 e. The van der Waals surface area contributed by atoms with Crippen LogP contribution in [0.15, 0.2) is 30.3 Å². The van der Waals surface area contributed by atoms with Crippen LogP contribution in [0, 0.1) is 0 Å². The van der Waals surface area contributed by atoms with Crippen LogP contribution in [0.1, 0.15) is 0 Å². The molecular weight excluding hydrogens is 246 g/mol. The standard InChI is InChI=1S/C13H11N3O3/c1-19-11-5-3-9-13(15-11)16-12(14-9)8-6-7(17)2-4-10(8)18/h2-6,17-18H,1H3,(H,14,15,16). The van der Waals surface area contributed by atoms with Crippen molar-refractivity contribution in [3.63, 3.8) is 0 Å². The second kappa shape index (κ2) is 4.16. The van der Waals surface area contributed by atoms with Crippen LogP contribution in [0.2, 0.25) is 0 Å². The molecular formula is C13H11N3O3. The molecule has 3 rings (SSSR count). The van der Waals surface area contributed by atoms with E-state index in [1.807, 2.05) is 0 Å². The zero-order valence-corrected chi connectivity index (χ0v) is 10.1. The summed E-state index contributed by atoms with van der Waals surface area (Å²) in [6, 6.07) is 7.75. The Balaban J connectivity index is 2.17. The molecule has 6 nitrogen and oxygen atoms in total. The molecule has 0 aliphatic rings. The van der Waals surface area contributed by atoms with Gasteiger partial charge in [0.15, 0.2) is 5.65 Å². The predicted molar refractivity (Wildman–Crippen MR) is 69.2 cm³/mol. The van der Waals surface area contributed by atoms with Crippen molar-refractivity contribution in [3.8, 4) is 28.8 Å². The van der Waals surface area contributed by atoms with E-state index in [4.69, 9.17) is 4.74 Å². The number of phenolic OH excluding ortho intramolecular Hbond substituents is 2. The Kier molecular flexibility index (Phi) is 2.49. The molecule has 0 aliphatic heterocycles. The lowest BCUT2D eigenvalue weighted by atomic mass is 10.2. The van der Waals surface area contributed by atoms with Crippen molar-refractivity contribution in [3.05, 3.63) is 30.3 Å². The molecule has 0 saturated heterocycles. The Morgan fingerprint density at radius 3 is 2.74 bits per heavy atom. The summed E-state index contributed by atoms with van der Waals surface area (Å²) < 4.78 is 5.03. The number of aromatic nitrogens is 3. The molecule has 1 aromatic carbocycles. The van der Waals surface area contributed by atoms with Crippen molar-refractivity contribution in [1.82, 2.24) is 15.0 Å². The highest BCUT2D eigenvalue weighted by Crippen LogP contribution is 2.31. The van der Waals surface area contributed by atoms with Crippen LogP contribution in [0.3, 0.4) is 0 Å². The predicted octanol–water partition coefficient (Wildman–Crippen LogP) is 2.04. The minimum absolute atomic E-state index is 0.0313. The molecule has 0 spiro atoms. The fraction of sp³-hybridized carbons (Fsp3) is 0.0769. The fourth-order valence-electron chi connectivity index (χ4n) is 1.83. The molecule has 0 unspecified atom stereocenters. The molecule has 2 heterocycles. The first-order valence-corrected chi connectivity index (χ1v) is 5.60. The highest BCUT2D eigenvalue weighted by molar-refractivity contribution is 5.78. The summed E-state index contributed by atoms with van der Waals surface area (Å²) in [5.41, 5.74) is 1.62. The van der Waals surface area contributed by atoms with Gasteiger partial charge in [0.1, 0.15) is 17.3 Å². The Morgan fingerprint density at radius 2 is 1.95 bits per heavy atom.